The van der Waals surface area contributed by atoms with Gasteiger partial charge in [0, 0.05) is 26.1 Å². The van der Waals surface area contributed by atoms with Crippen LogP contribution >= 0.6 is 0 Å². The van der Waals surface area contributed by atoms with Gasteiger partial charge in [0.25, 0.3) is 5.56 Å². The predicted octanol–water partition coefficient (Wildman–Crippen LogP) is 0.897. The summed E-state index contributed by atoms with van der Waals surface area (Å²) in [6, 6.07) is 1.54. The van der Waals surface area contributed by atoms with Crippen LogP contribution in [0.25, 0.3) is 0 Å². The lowest BCUT2D eigenvalue weighted by Crippen LogP contribution is -2.23. The molecule has 0 atom stereocenters. The summed E-state index contributed by atoms with van der Waals surface area (Å²) >= 11 is 0. The first-order valence-electron chi connectivity index (χ1n) is 6.18. The summed E-state index contributed by atoms with van der Waals surface area (Å²) in [7, 11) is 1.96. The van der Waals surface area contributed by atoms with E-state index in [0.717, 1.165) is 50.4 Å². The minimum Gasteiger partial charge on any atom is -0.359 e. The van der Waals surface area contributed by atoms with Crippen LogP contribution in [-0.2, 0) is 6.42 Å². The number of hydrogen-bond donors (Lipinski definition) is 2. The van der Waals surface area contributed by atoms with Crippen LogP contribution in [0.2, 0.25) is 0 Å². The van der Waals surface area contributed by atoms with Crippen molar-refractivity contribution in [1.82, 2.24) is 9.97 Å². The molecule has 0 saturated carbocycles. The highest BCUT2D eigenvalue weighted by molar-refractivity contribution is 5.35. The van der Waals surface area contributed by atoms with Gasteiger partial charge >= 0.3 is 0 Å². The molecule has 0 aliphatic carbocycles. The molecule has 0 radical (unpaired) electrons. The molecule has 1 heterocycles. The van der Waals surface area contributed by atoms with Crippen molar-refractivity contribution in [2.24, 2.45) is 5.73 Å². The Morgan fingerprint density at radius 1 is 1.41 bits per heavy atom. The molecule has 1 aromatic heterocycles. The maximum absolute atomic E-state index is 11.4. The maximum Gasteiger partial charge on any atom is 0.252 e. The fourth-order valence-corrected chi connectivity index (χ4v) is 1.64. The third-order valence-corrected chi connectivity index (χ3v) is 2.70. The molecule has 0 fully saturated rings. The van der Waals surface area contributed by atoms with Crippen LogP contribution < -0.4 is 16.2 Å². The van der Waals surface area contributed by atoms with Crippen LogP contribution in [0, 0.1) is 0 Å². The zero-order valence-corrected chi connectivity index (χ0v) is 10.7. The molecule has 0 unspecified atom stereocenters. The van der Waals surface area contributed by atoms with Crippen molar-refractivity contribution in [2.75, 3.05) is 25.0 Å². The van der Waals surface area contributed by atoms with E-state index in [4.69, 9.17) is 5.73 Å². The topological polar surface area (TPSA) is 75.0 Å². The van der Waals surface area contributed by atoms with E-state index in [9.17, 15) is 4.79 Å². The number of aryl methyl sites for hydroxylation is 1. The molecule has 0 aliphatic heterocycles. The number of nitrogens with two attached hydrogens (primary N) is 1. The summed E-state index contributed by atoms with van der Waals surface area (Å²) in [4.78, 5) is 20.5. The zero-order chi connectivity index (χ0) is 12.7. The summed E-state index contributed by atoms with van der Waals surface area (Å²) in [5, 5.41) is 0. The first-order valence-corrected chi connectivity index (χ1v) is 6.18. The Hall–Kier alpha value is -1.36. The number of hydrogen-bond acceptors (Lipinski definition) is 4. The molecular formula is C12H22N4O. The molecule has 0 amide bonds. The summed E-state index contributed by atoms with van der Waals surface area (Å²) < 4.78 is 0. The second-order valence-electron chi connectivity index (χ2n) is 4.17. The predicted molar refractivity (Wildman–Crippen MR) is 70.4 cm³/mol. The number of aromatic nitrogens is 2. The van der Waals surface area contributed by atoms with Crippen molar-refractivity contribution < 1.29 is 0 Å². The van der Waals surface area contributed by atoms with Gasteiger partial charge in [-0.15, -0.1) is 0 Å². The molecule has 1 aromatic rings. The smallest absolute Gasteiger partial charge is 0.252 e. The van der Waals surface area contributed by atoms with Crippen LogP contribution in [0.1, 0.15) is 32.0 Å². The fourth-order valence-electron chi connectivity index (χ4n) is 1.64. The summed E-state index contributed by atoms with van der Waals surface area (Å²) in [5.74, 6) is 1.49. The standard InChI is InChI=1S/C12H22N4O/c1-3-10-14-11(9-12(17)15-10)16(2)8-6-4-5-7-13/h9H,3-8,13H2,1-2H3,(H,14,15,17). The summed E-state index contributed by atoms with van der Waals surface area (Å²) in [6.45, 7) is 3.62. The second kappa shape index (κ2) is 7.06. The molecule has 1 rings (SSSR count). The molecule has 96 valence electrons. The van der Waals surface area contributed by atoms with Gasteiger partial charge < -0.3 is 15.6 Å². The van der Waals surface area contributed by atoms with E-state index in [0.29, 0.717) is 0 Å². The summed E-state index contributed by atoms with van der Waals surface area (Å²) in [5.41, 5.74) is 5.36. The third kappa shape index (κ3) is 4.56. The normalized spacial score (nSPS) is 10.5. The SMILES string of the molecule is CCc1nc(N(C)CCCCCN)cc(=O)[nH]1. The van der Waals surface area contributed by atoms with Gasteiger partial charge in [0.15, 0.2) is 0 Å². The first kappa shape index (κ1) is 13.7. The zero-order valence-electron chi connectivity index (χ0n) is 10.7. The number of rotatable bonds is 7. The van der Waals surface area contributed by atoms with E-state index in [2.05, 4.69) is 9.97 Å². The van der Waals surface area contributed by atoms with Crippen LogP contribution in [0.4, 0.5) is 5.82 Å². The number of nitrogens with one attached hydrogen (secondary N) is 1. The lowest BCUT2D eigenvalue weighted by Gasteiger charge is -2.18. The Kier molecular flexibility index (Phi) is 5.69. The number of anilines is 1. The molecular weight excluding hydrogens is 216 g/mol. The van der Waals surface area contributed by atoms with Crippen LogP contribution in [0.15, 0.2) is 10.9 Å². The number of H-pyrrole nitrogens is 1. The van der Waals surface area contributed by atoms with Crippen molar-refractivity contribution >= 4 is 5.82 Å². The molecule has 0 saturated heterocycles. The van der Waals surface area contributed by atoms with Gasteiger partial charge in [-0.1, -0.05) is 13.3 Å². The number of aromatic amines is 1. The minimum atomic E-state index is -0.0827. The van der Waals surface area contributed by atoms with Crippen molar-refractivity contribution in [3.05, 3.63) is 22.2 Å². The molecule has 0 spiro atoms. The molecule has 5 nitrogen and oxygen atoms in total. The number of unbranched alkanes of at least 4 members (excludes halogenated alkanes) is 2. The van der Waals surface area contributed by atoms with Gasteiger partial charge in [-0.25, -0.2) is 4.98 Å². The van der Waals surface area contributed by atoms with Crippen molar-refractivity contribution in [1.29, 1.82) is 0 Å². The van der Waals surface area contributed by atoms with E-state index in [1.165, 1.54) is 0 Å². The third-order valence-electron chi connectivity index (χ3n) is 2.70. The van der Waals surface area contributed by atoms with Gasteiger partial charge in [-0.3, -0.25) is 4.79 Å². The average molecular weight is 238 g/mol. The molecule has 0 aliphatic rings. The maximum atomic E-state index is 11.4. The van der Waals surface area contributed by atoms with E-state index < -0.39 is 0 Å². The Morgan fingerprint density at radius 2 is 2.18 bits per heavy atom. The fraction of sp³-hybridized carbons (Fsp3) is 0.667. The van der Waals surface area contributed by atoms with Gasteiger partial charge in [0.2, 0.25) is 0 Å². The molecule has 3 N–H and O–H groups in total. The monoisotopic (exact) mass is 238 g/mol. The van der Waals surface area contributed by atoms with Crippen LogP contribution in [-0.4, -0.2) is 30.1 Å². The lowest BCUT2D eigenvalue weighted by molar-refractivity contribution is 0.674. The Bertz CT molecular complexity index is 388. The molecule has 0 aromatic carbocycles. The van der Waals surface area contributed by atoms with Gasteiger partial charge in [0.05, 0.1) is 0 Å². The van der Waals surface area contributed by atoms with Crippen molar-refractivity contribution in [2.45, 2.75) is 32.6 Å². The molecule has 5 heteroatoms. The van der Waals surface area contributed by atoms with Crippen LogP contribution in [0.5, 0.6) is 0 Å². The quantitative estimate of drug-likeness (QED) is 0.692. The summed E-state index contributed by atoms with van der Waals surface area (Å²) in [6.07, 6.45) is 3.98. The van der Waals surface area contributed by atoms with E-state index in [-0.39, 0.29) is 5.56 Å². The second-order valence-corrected chi connectivity index (χ2v) is 4.17. The minimum absolute atomic E-state index is 0.0827. The van der Waals surface area contributed by atoms with Gasteiger partial charge in [-0.2, -0.15) is 0 Å². The van der Waals surface area contributed by atoms with Crippen molar-refractivity contribution in [3.63, 3.8) is 0 Å². The Labute approximate surface area is 102 Å². The Morgan fingerprint density at radius 3 is 2.82 bits per heavy atom. The molecule has 17 heavy (non-hydrogen) atoms. The first-order chi connectivity index (χ1) is 8.17. The highest BCUT2D eigenvalue weighted by Crippen LogP contribution is 2.07. The van der Waals surface area contributed by atoms with Gasteiger partial charge in [0.1, 0.15) is 11.6 Å². The van der Waals surface area contributed by atoms with E-state index in [1.54, 1.807) is 6.07 Å². The van der Waals surface area contributed by atoms with Crippen molar-refractivity contribution in [3.8, 4) is 0 Å². The highest BCUT2D eigenvalue weighted by atomic mass is 16.1. The number of nitrogens with zero attached hydrogens (tertiary/aromatic N) is 2. The van der Waals surface area contributed by atoms with E-state index >= 15 is 0 Å². The largest absolute Gasteiger partial charge is 0.359 e. The Balaban J connectivity index is 2.58. The molecule has 0 bridgehead atoms. The highest BCUT2D eigenvalue weighted by Gasteiger charge is 2.04. The van der Waals surface area contributed by atoms with Crippen LogP contribution in [0.3, 0.4) is 0 Å². The lowest BCUT2D eigenvalue weighted by atomic mass is 10.2. The van der Waals surface area contributed by atoms with E-state index in [1.807, 2.05) is 18.9 Å². The van der Waals surface area contributed by atoms with Gasteiger partial charge in [-0.05, 0) is 19.4 Å². The average Bonchev–Trinajstić information content (AvgIpc) is 2.33.